The number of carbonyl (C=O) groups is 1. The summed E-state index contributed by atoms with van der Waals surface area (Å²) in [7, 11) is 0. The van der Waals surface area contributed by atoms with Crippen LogP contribution in [-0.2, 0) is 14.3 Å². The molecular formula is C26H43NO5. The first-order chi connectivity index (χ1) is 15.1. The highest BCUT2D eigenvalue weighted by Crippen LogP contribution is 2.68. The Morgan fingerprint density at radius 3 is 2.50 bits per heavy atom. The van der Waals surface area contributed by atoms with Gasteiger partial charge in [-0.15, -0.1) is 0 Å². The minimum atomic E-state index is -0.650. The largest absolute Gasteiger partial charge is 0.481 e. The second-order valence-corrected chi connectivity index (χ2v) is 12.4. The molecule has 0 aromatic heterocycles. The van der Waals surface area contributed by atoms with E-state index in [1.807, 2.05) is 6.92 Å². The maximum atomic E-state index is 12.0. The highest BCUT2D eigenvalue weighted by molar-refractivity contribution is 5.72. The Morgan fingerprint density at radius 2 is 1.78 bits per heavy atom. The molecule has 1 heterocycles. The average molecular weight is 450 g/mol. The van der Waals surface area contributed by atoms with E-state index in [9.17, 15) is 15.0 Å². The second kappa shape index (κ2) is 7.93. The Balaban J connectivity index is 1.28. The van der Waals surface area contributed by atoms with E-state index < -0.39 is 5.97 Å². The lowest BCUT2D eigenvalue weighted by Gasteiger charge is -2.64. The van der Waals surface area contributed by atoms with Crippen LogP contribution in [0.4, 0.5) is 0 Å². The van der Waals surface area contributed by atoms with Crippen molar-refractivity contribution in [2.45, 2.75) is 122 Å². The number of hydrogen-bond donors (Lipinski definition) is 3. The topological polar surface area (TPSA) is 102 Å². The molecule has 4 saturated carbocycles. The van der Waals surface area contributed by atoms with Crippen molar-refractivity contribution in [1.82, 2.24) is 0 Å². The van der Waals surface area contributed by atoms with E-state index >= 15 is 0 Å². The number of rotatable bonds is 3. The number of ether oxygens (including phenoxy) is 2. The fraction of sp³-hybridized carbons (Fsp3) is 0.962. The molecule has 0 aromatic rings. The quantitative estimate of drug-likeness (QED) is 0.561. The first-order valence-electron chi connectivity index (χ1n) is 13.1. The maximum Gasteiger partial charge on any atom is 0.307 e. The molecule has 4 aliphatic carbocycles. The first-order valence-corrected chi connectivity index (χ1v) is 13.1. The summed E-state index contributed by atoms with van der Waals surface area (Å²) in [5.74, 6) is 0.725. The smallest absolute Gasteiger partial charge is 0.307 e. The number of carboxylic acids is 1. The summed E-state index contributed by atoms with van der Waals surface area (Å²) in [6, 6.07) is 0. The molecule has 1 saturated heterocycles. The number of hydrogen-bond acceptors (Lipinski definition) is 5. The fourth-order valence-electron chi connectivity index (χ4n) is 9.06. The van der Waals surface area contributed by atoms with Gasteiger partial charge in [0.05, 0.1) is 24.2 Å². The molecule has 32 heavy (non-hydrogen) atoms. The van der Waals surface area contributed by atoms with Crippen molar-refractivity contribution < 1.29 is 24.5 Å². The second-order valence-electron chi connectivity index (χ2n) is 12.4. The molecule has 6 heteroatoms. The van der Waals surface area contributed by atoms with Crippen molar-refractivity contribution in [3.63, 3.8) is 0 Å². The third-order valence-corrected chi connectivity index (χ3v) is 11.2. The summed E-state index contributed by atoms with van der Waals surface area (Å²) in [6.45, 7) is 6.60. The third kappa shape index (κ3) is 3.30. The van der Waals surface area contributed by atoms with Gasteiger partial charge in [-0.2, -0.15) is 0 Å². The molecule has 182 valence electrons. The summed E-state index contributed by atoms with van der Waals surface area (Å²) < 4.78 is 12.3. The van der Waals surface area contributed by atoms with Gasteiger partial charge in [0.15, 0.2) is 6.29 Å². The van der Waals surface area contributed by atoms with E-state index in [1.54, 1.807) is 0 Å². The molecule has 5 rings (SSSR count). The summed E-state index contributed by atoms with van der Waals surface area (Å²) in [5.41, 5.74) is 6.87. The molecule has 1 aliphatic heterocycles. The lowest BCUT2D eigenvalue weighted by atomic mass is 9.42. The van der Waals surface area contributed by atoms with Crippen LogP contribution in [0.2, 0.25) is 0 Å². The minimum absolute atomic E-state index is 0.156. The molecule has 0 radical (unpaired) electrons. The summed E-state index contributed by atoms with van der Waals surface area (Å²) in [5, 5.41) is 19.8. The number of nitrogens with two attached hydrogens (primary N) is 1. The van der Waals surface area contributed by atoms with Crippen LogP contribution >= 0.6 is 0 Å². The molecular weight excluding hydrogens is 406 g/mol. The molecule has 6 nitrogen and oxygen atoms in total. The standard InChI is InChI=1S/C26H43NO5/c1-15-21(28)6-7-22(31-15)32-17-8-11-24(2)16(14-17)4-5-19-18(24)9-12-25(3)20(23(29)30)10-13-26(19,25)27/h15-22,28H,4-14,27H2,1-3H3,(H,29,30)/t15-,16-,17+,18+,19-,20-,21+,22+,24+,25-,26+/m1/s1. The number of aliphatic carboxylic acids is 1. The van der Waals surface area contributed by atoms with Crippen molar-refractivity contribution in [2.75, 3.05) is 0 Å². The van der Waals surface area contributed by atoms with Crippen LogP contribution in [0.25, 0.3) is 0 Å². The SMILES string of the molecule is C[C@H]1O[C@@H](O[C@H]2CC[C@@]3(C)[C@H](CC[C@@H]4[C@@H]3CC[C@]3(C)[C@@H](C(=O)O)CC[C@]43N)C2)CC[C@@H]1O. The van der Waals surface area contributed by atoms with E-state index in [-0.39, 0.29) is 46.9 Å². The number of carboxylic acid groups (broad SMARTS) is 1. The molecule has 0 amide bonds. The molecule has 5 aliphatic rings. The minimum Gasteiger partial charge on any atom is -0.481 e. The van der Waals surface area contributed by atoms with Gasteiger partial charge in [-0.3, -0.25) is 4.79 Å². The zero-order chi connectivity index (χ0) is 22.9. The van der Waals surface area contributed by atoms with Crippen molar-refractivity contribution in [3.05, 3.63) is 0 Å². The highest BCUT2D eigenvalue weighted by Gasteiger charge is 2.67. The van der Waals surface area contributed by atoms with E-state index in [4.69, 9.17) is 15.2 Å². The molecule has 4 N–H and O–H groups in total. The molecule has 5 fully saturated rings. The van der Waals surface area contributed by atoms with Crippen molar-refractivity contribution in [1.29, 1.82) is 0 Å². The van der Waals surface area contributed by atoms with Gasteiger partial charge in [0.25, 0.3) is 0 Å². The van der Waals surface area contributed by atoms with Crippen LogP contribution in [0.5, 0.6) is 0 Å². The first kappa shape index (κ1) is 23.1. The summed E-state index contributed by atoms with van der Waals surface area (Å²) >= 11 is 0. The van der Waals surface area contributed by atoms with Crippen LogP contribution < -0.4 is 5.73 Å². The number of aliphatic hydroxyl groups is 1. The normalized spacial score (nSPS) is 55.5. The van der Waals surface area contributed by atoms with Gasteiger partial charge in [-0.25, -0.2) is 0 Å². The van der Waals surface area contributed by atoms with Gasteiger partial charge in [0.2, 0.25) is 0 Å². The highest BCUT2D eigenvalue weighted by atomic mass is 16.7. The molecule has 0 aromatic carbocycles. The third-order valence-electron chi connectivity index (χ3n) is 11.2. The Labute approximate surface area is 192 Å². The van der Waals surface area contributed by atoms with E-state index in [0.717, 1.165) is 64.2 Å². The molecule has 0 unspecified atom stereocenters. The molecule has 0 bridgehead atoms. The average Bonchev–Trinajstić information content (AvgIpc) is 3.02. The van der Waals surface area contributed by atoms with Crippen LogP contribution in [0, 0.1) is 34.5 Å². The van der Waals surface area contributed by atoms with Crippen LogP contribution in [0.15, 0.2) is 0 Å². The Kier molecular flexibility index (Phi) is 5.72. The number of fused-ring (bicyclic) bond motifs is 5. The van der Waals surface area contributed by atoms with Crippen LogP contribution in [-0.4, -0.2) is 46.3 Å². The van der Waals surface area contributed by atoms with E-state index in [2.05, 4.69) is 13.8 Å². The van der Waals surface area contributed by atoms with Gasteiger partial charge in [-0.05, 0) is 99.7 Å². The number of aliphatic hydroxyl groups excluding tert-OH is 1. The lowest BCUT2D eigenvalue weighted by molar-refractivity contribution is -0.247. The van der Waals surface area contributed by atoms with Crippen LogP contribution in [0.1, 0.15) is 91.4 Å². The Hall–Kier alpha value is -0.690. The lowest BCUT2D eigenvalue weighted by Crippen LogP contribution is -2.66. The van der Waals surface area contributed by atoms with E-state index in [0.29, 0.717) is 17.8 Å². The zero-order valence-corrected chi connectivity index (χ0v) is 20.1. The van der Waals surface area contributed by atoms with E-state index in [1.165, 1.54) is 6.42 Å². The maximum absolute atomic E-state index is 12.0. The van der Waals surface area contributed by atoms with Crippen molar-refractivity contribution in [3.8, 4) is 0 Å². The molecule has 0 spiro atoms. The van der Waals surface area contributed by atoms with Crippen molar-refractivity contribution in [2.24, 2.45) is 40.2 Å². The summed E-state index contributed by atoms with van der Waals surface area (Å²) in [4.78, 5) is 12.0. The Morgan fingerprint density at radius 1 is 1.00 bits per heavy atom. The van der Waals surface area contributed by atoms with Gasteiger partial charge in [0, 0.05) is 12.0 Å². The van der Waals surface area contributed by atoms with Gasteiger partial charge >= 0.3 is 5.97 Å². The predicted molar refractivity (Wildman–Crippen MR) is 121 cm³/mol. The van der Waals surface area contributed by atoms with Crippen LogP contribution in [0.3, 0.4) is 0 Å². The zero-order valence-electron chi connectivity index (χ0n) is 20.1. The fourth-order valence-corrected chi connectivity index (χ4v) is 9.06. The van der Waals surface area contributed by atoms with Gasteiger partial charge in [0.1, 0.15) is 0 Å². The molecule has 11 atom stereocenters. The van der Waals surface area contributed by atoms with Gasteiger partial charge < -0.3 is 25.4 Å². The summed E-state index contributed by atoms with van der Waals surface area (Å²) in [6.07, 6.45) is 10.3. The predicted octanol–water partition coefficient (Wildman–Crippen LogP) is 4.08. The Bertz CT molecular complexity index is 746. The van der Waals surface area contributed by atoms with Crippen molar-refractivity contribution >= 4 is 5.97 Å². The monoisotopic (exact) mass is 449 g/mol. The van der Waals surface area contributed by atoms with Gasteiger partial charge in [-0.1, -0.05) is 13.8 Å².